The zero-order valence-electron chi connectivity index (χ0n) is 18.5. The minimum absolute atomic E-state index is 0.293. The number of carbonyl (C=O) groups is 1. The van der Waals surface area contributed by atoms with Crippen molar-refractivity contribution in [3.05, 3.63) is 23.2 Å². The van der Waals surface area contributed by atoms with E-state index in [1.54, 1.807) is 6.20 Å². The van der Waals surface area contributed by atoms with Gasteiger partial charge >= 0.3 is 6.01 Å². The van der Waals surface area contributed by atoms with Gasteiger partial charge in [-0.1, -0.05) is 13.8 Å². The number of nitrogens with one attached hydrogen (secondary N) is 1. The number of carbonyl (C=O) groups excluding carboxylic acids is 1. The van der Waals surface area contributed by atoms with E-state index in [2.05, 4.69) is 29.0 Å². The van der Waals surface area contributed by atoms with Crippen molar-refractivity contribution in [2.75, 3.05) is 29.9 Å². The normalized spacial score (nSPS) is 23.5. The molecule has 2 fully saturated rings. The van der Waals surface area contributed by atoms with E-state index in [4.69, 9.17) is 14.4 Å². The number of anilines is 3. The van der Waals surface area contributed by atoms with E-state index < -0.39 is 0 Å². The topological polar surface area (TPSA) is 87.4 Å². The van der Waals surface area contributed by atoms with E-state index in [0.717, 1.165) is 94.2 Å². The SMILES string of the molecule is CC(C)c1cnc(Nc2nc(N3CCCC3C3CCCN(C=O)C3)nc3c2CCC3)o1. The molecule has 1 aliphatic carbocycles. The molecule has 166 valence electrons. The summed E-state index contributed by atoms with van der Waals surface area (Å²) in [5.74, 6) is 3.28. The molecule has 2 aliphatic heterocycles. The monoisotopic (exact) mass is 424 g/mol. The second kappa shape index (κ2) is 8.48. The van der Waals surface area contributed by atoms with Crippen LogP contribution >= 0.6 is 0 Å². The maximum Gasteiger partial charge on any atom is 0.300 e. The first-order valence-corrected chi connectivity index (χ1v) is 11.7. The molecule has 4 heterocycles. The largest absolute Gasteiger partial charge is 0.428 e. The number of fused-ring (bicyclic) bond motifs is 1. The van der Waals surface area contributed by atoms with E-state index in [1.807, 2.05) is 4.90 Å². The van der Waals surface area contributed by atoms with Crippen LogP contribution in [0.1, 0.15) is 68.9 Å². The molecule has 0 radical (unpaired) electrons. The number of hydrogen-bond acceptors (Lipinski definition) is 7. The first kappa shape index (κ1) is 20.3. The summed E-state index contributed by atoms with van der Waals surface area (Å²) in [5, 5.41) is 3.34. The third-order valence-corrected chi connectivity index (χ3v) is 6.98. The van der Waals surface area contributed by atoms with E-state index in [-0.39, 0.29) is 0 Å². The smallest absolute Gasteiger partial charge is 0.300 e. The van der Waals surface area contributed by atoms with E-state index >= 15 is 0 Å². The van der Waals surface area contributed by atoms with Crippen molar-refractivity contribution in [1.29, 1.82) is 0 Å². The van der Waals surface area contributed by atoms with Gasteiger partial charge in [-0.2, -0.15) is 4.98 Å². The lowest BCUT2D eigenvalue weighted by Gasteiger charge is -2.37. The van der Waals surface area contributed by atoms with Crippen molar-refractivity contribution >= 4 is 24.2 Å². The van der Waals surface area contributed by atoms with E-state index in [1.165, 1.54) is 5.56 Å². The Bertz CT molecular complexity index is 942. The number of oxazole rings is 1. The third kappa shape index (κ3) is 4.00. The van der Waals surface area contributed by atoms with Gasteiger partial charge in [0.15, 0.2) is 0 Å². The number of aryl methyl sites for hydroxylation is 1. The standard InChI is InChI=1S/C23H32N6O2/c1-15(2)20-12-24-23(31-20)27-21-17-7-3-8-18(17)25-22(26-21)29-11-5-9-19(29)16-6-4-10-28(13-16)14-30/h12,14-16,19H,3-11,13H2,1-2H3,(H,24,25,26,27). The molecule has 2 aromatic rings. The maximum atomic E-state index is 11.3. The van der Waals surface area contributed by atoms with Gasteiger partial charge in [0.1, 0.15) is 11.6 Å². The van der Waals surface area contributed by atoms with Gasteiger partial charge in [0, 0.05) is 37.2 Å². The van der Waals surface area contributed by atoms with Crippen molar-refractivity contribution in [3.8, 4) is 0 Å². The van der Waals surface area contributed by atoms with Crippen LogP contribution < -0.4 is 10.2 Å². The quantitative estimate of drug-likeness (QED) is 0.708. The van der Waals surface area contributed by atoms with Crippen LogP contribution in [0.2, 0.25) is 0 Å². The van der Waals surface area contributed by atoms with Crippen molar-refractivity contribution in [2.24, 2.45) is 5.92 Å². The molecule has 1 amide bonds. The molecule has 8 heteroatoms. The Morgan fingerprint density at radius 3 is 2.84 bits per heavy atom. The van der Waals surface area contributed by atoms with Crippen molar-refractivity contribution in [3.63, 3.8) is 0 Å². The summed E-state index contributed by atoms with van der Waals surface area (Å²) in [5.41, 5.74) is 2.33. The highest BCUT2D eigenvalue weighted by Crippen LogP contribution is 2.36. The van der Waals surface area contributed by atoms with Crippen LogP contribution in [0.3, 0.4) is 0 Å². The molecular formula is C23H32N6O2. The Morgan fingerprint density at radius 1 is 1.16 bits per heavy atom. The number of hydrogen-bond donors (Lipinski definition) is 1. The Kier molecular flexibility index (Phi) is 5.54. The second-order valence-corrected chi connectivity index (χ2v) is 9.40. The summed E-state index contributed by atoms with van der Waals surface area (Å²) in [7, 11) is 0. The minimum atomic E-state index is 0.293. The van der Waals surface area contributed by atoms with Gasteiger partial charge in [0.05, 0.1) is 11.9 Å². The first-order chi connectivity index (χ1) is 15.1. The Labute approximate surface area is 183 Å². The zero-order valence-corrected chi connectivity index (χ0v) is 18.5. The molecule has 2 aromatic heterocycles. The van der Waals surface area contributed by atoms with Gasteiger partial charge in [-0.05, 0) is 50.9 Å². The average molecular weight is 425 g/mol. The molecule has 0 spiro atoms. The number of amides is 1. The van der Waals surface area contributed by atoms with Gasteiger partial charge in [-0.3, -0.25) is 10.1 Å². The summed E-state index contributed by atoms with van der Waals surface area (Å²) >= 11 is 0. The van der Waals surface area contributed by atoms with Crippen LogP contribution in [0.15, 0.2) is 10.6 Å². The van der Waals surface area contributed by atoms with Gasteiger partial charge in [-0.15, -0.1) is 0 Å². The molecule has 8 nitrogen and oxygen atoms in total. The fourth-order valence-electron chi connectivity index (χ4n) is 5.34. The number of rotatable bonds is 6. The van der Waals surface area contributed by atoms with Crippen LogP contribution in [-0.4, -0.2) is 51.9 Å². The summed E-state index contributed by atoms with van der Waals surface area (Å²) in [6.45, 7) is 6.88. The highest BCUT2D eigenvalue weighted by Gasteiger charge is 2.36. The Hall–Kier alpha value is -2.64. The predicted molar refractivity (Wildman–Crippen MR) is 119 cm³/mol. The number of aromatic nitrogens is 3. The molecular weight excluding hydrogens is 392 g/mol. The molecule has 1 N–H and O–H groups in total. The van der Waals surface area contributed by atoms with Crippen LogP contribution in [0.5, 0.6) is 0 Å². The molecule has 0 saturated carbocycles. The fraction of sp³-hybridized carbons (Fsp3) is 0.652. The lowest BCUT2D eigenvalue weighted by atomic mass is 9.89. The molecule has 0 aromatic carbocycles. The molecule has 31 heavy (non-hydrogen) atoms. The highest BCUT2D eigenvalue weighted by atomic mass is 16.4. The first-order valence-electron chi connectivity index (χ1n) is 11.7. The van der Waals surface area contributed by atoms with Gasteiger partial charge in [0.2, 0.25) is 12.4 Å². The van der Waals surface area contributed by atoms with E-state index in [0.29, 0.717) is 23.9 Å². The van der Waals surface area contributed by atoms with Gasteiger partial charge in [0.25, 0.3) is 0 Å². The fourth-order valence-corrected chi connectivity index (χ4v) is 5.34. The van der Waals surface area contributed by atoms with Gasteiger partial charge < -0.3 is 14.2 Å². The zero-order chi connectivity index (χ0) is 21.4. The Morgan fingerprint density at radius 2 is 2.03 bits per heavy atom. The van der Waals surface area contributed by atoms with Crippen molar-refractivity contribution < 1.29 is 9.21 Å². The predicted octanol–water partition coefficient (Wildman–Crippen LogP) is 3.66. The minimum Gasteiger partial charge on any atom is -0.428 e. The molecule has 3 aliphatic rings. The summed E-state index contributed by atoms with van der Waals surface area (Å²) < 4.78 is 5.88. The molecule has 2 saturated heterocycles. The van der Waals surface area contributed by atoms with Crippen molar-refractivity contribution in [1.82, 2.24) is 19.9 Å². The highest BCUT2D eigenvalue weighted by molar-refractivity contribution is 5.58. The summed E-state index contributed by atoms with van der Waals surface area (Å²) in [6, 6.07) is 0.888. The van der Waals surface area contributed by atoms with Gasteiger partial charge in [-0.25, -0.2) is 9.97 Å². The molecule has 2 atom stereocenters. The van der Waals surface area contributed by atoms with Crippen LogP contribution in [-0.2, 0) is 17.6 Å². The molecule has 0 bridgehead atoms. The van der Waals surface area contributed by atoms with Crippen LogP contribution in [0.4, 0.5) is 17.8 Å². The van der Waals surface area contributed by atoms with E-state index in [9.17, 15) is 4.79 Å². The molecule has 5 rings (SSSR count). The average Bonchev–Trinajstić information content (AvgIpc) is 3.53. The molecule has 2 unspecified atom stereocenters. The summed E-state index contributed by atoms with van der Waals surface area (Å²) in [6.07, 6.45) is 10.4. The Balaban J connectivity index is 1.42. The lowest BCUT2D eigenvalue weighted by molar-refractivity contribution is -0.119. The third-order valence-electron chi connectivity index (χ3n) is 6.98. The number of nitrogens with zero attached hydrogens (tertiary/aromatic N) is 5. The lowest BCUT2D eigenvalue weighted by Crippen LogP contribution is -2.45. The number of likely N-dealkylation sites (tertiary alicyclic amines) is 1. The van der Waals surface area contributed by atoms with Crippen LogP contribution in [0, 0.1) is 5.92 Å². The maximum absolute atomic E-state index is 11.3. The summed E-state index contributed by atoms with van der Waals surface area (Å²) in [4.78, 5) is 30.0. The van der Waals surface area contributed by atoms with Crippen LogP contribution in [0.25, 0.3) is 0 Å². The van der Waals surface area contributed by atoms with Crippen molar-refractivity contribution in [2.45, 2.75) is 70.8 Å². The second-order valence-electron chi connectivity index (χ2n) is 9.40. The number of piperidine rings is 1.